The number of fused-ring (bicyclic) bond motifs is 1. The smallest absolute Gasteiger partial charge is 0.253 e. The summed E-state index contributed by atoms with van der Waals surface area (Å²) in [5, 5.41) is 3.55. The van der Waals surface area contributed by atoms with Gasteiger partial charge in [-0.25, -0.2) is 4.98 Å². The Bertz CT molecular complexity index is 688. The lowest BCUT2D eigenvalue weighted by Gasteiger charge is -2.26. The van der Waals surface area contributed by atoms with E-state index in [4.69, 9.17) is 23.2 Å². The average Bonchev–Trinajstić information content (AvgIpc) is 2.50. The number of rotatable bonds is 2. The van der Waals surface area contributed by atoms with Crippen LogP contribution >= 0.6 is 23.2 Å². The van der Waals surface area contributed by atoms with Crippen LogP contribution in [0.15, 0.2) is 36.5 Å². The van der Waals surface area contributed by atoms with Gasteiger partial charge in [-0.15, -0.1) is 0 Å². The van der Waals surface area contributed by atoms with Gasteiger partial charge in [-0.2, -0.15) is 0 Å². The highest BCUT2D eigenvalue weighted by atomic mass is 35.5. The summed E-state index contributed by atoms with van der Waals surface area (Å²) in [6, 6.07) is 9.81. The van der Waals surface area contributed by atoms with E-state index in [2.05, 4.69) is 22.4 Å². The van der Waals surface area contributed by atoms with Crippen molar-refractivity contribution in [3.05, 3.63) is 63.4 Å². The third-order valence-electron chi connectivity index (χ3n) is 3.73. The van der Waals surface area contributed by atoms with Gasteiger partial charge in [0.1, 0.15) is 5.15 Å². The minimum atomic E-state index is -0.178. The van der Waals surface area contributed by atoms with Crippen molar-refractivity contribution in [1.29, 1.82) is 0 Å². The average molecular weight is 321 g/mol. The predicted octanol–water partition coefficient (Wildman–Crippen LogP) is 4.20. The molecule has 0 aliphatic heterocycles. The number of aromatic nitrogens is 1. The number of benzene rings is 1. The summed E-state index contributed by atoms with van der Waals surface area (Å²) in [7, 11) is 0. The molecule has 3 rings (SSSR count). The number of nitrogens with one attached hydrogen (secondary N) is 1. The molecule has 0 saturated carbocycles. The Morgan fingerprint density at radius 3 is 2.90 bits per heavy atom. The van der Waals surface area contributed by atoms with Crippen molar-refractivity contribution in [2.24, 2.45) is 0 Å². The van der Waals surface area contributed by atoms with Crippen molar-refractivity contribution in [2.75, 3.05) is 0 Å². The van der Waals surface area contributed by atoms with Crippen molar-refractivity contribution in [3.63, 3.8) is 0 Å². The zero-order valence-electron chi connectivity index (χ0n) is 11.3. The second kappa shape index (κ2) is 6.04. The fourth-order valence-corrected chi connectivity index (χ4v) is 2.96. The molecule has 1 amide bonds. The van der Waals surface area contributed by atoms with E-state index in [9.17, 15) is 4.79 Å². The quantitative estimate of drug-likeness (QED) is 0.843. The third-order valence-corrected chi connectivity index (χ3v) is 4.42. The van der Waals surface area contributed by atoms with E-state index in [1.54, 1.807) is 6.07 Å². The molecule has 2 aromatic rings. The normalized spacial score (nSPS) is 17.1. The van der Waals surface area contributed by atoms with Crippen molar-refractivity contribution in [1.82, 2.24) is 10.3 Å². The molecule has 1 heterocycles. The number of hydrogen-bond donors (Lipinski definition) is 1. The lowest BCUT2D eigenvalue weighted by Crippen LogP contribution is -2.31. The molecule has 3 nitrogen and oxygen atoms in total. The van der Waals surface area contributed by atoms with E-state index in [0.29, 0.717) is 5.56 Å². The molecular formula is C16H14Cl2N2O. The SMILES string of the molecule is O=C(N[C@H]1CCCc2ccccc21)c1cnc(Cl)c(Cl)c1. The number of aryl methyl sites for hydroxylation is 1. The van der Waals surface area contributed by atoms with E-state index in [-0.39, 0.29) is 22.1 Å². The van der Waals surface area contributed by atoms with Crippen LogP contribution in [0.3, 0.4) is 0 Å². The number of carbonyl (C=O) groups excluding carboxylic acids is 1. The summed E-state index contributed by atoms with van der Waals surface area (Å²) in [5.41, 5.74) is 2.93. The molecule has 1 atom stereocenters. The summed E-state index contributed by atoms with van der Waals surface area (Å²) in [5.74, 6) is -0.178. The van der Waals surface area contributed by atoms with Gasteiger partial charge in [0.15, 0.2) is 0 Å². The Morgan fingerprint density at radius 2 is 2.10 bits per heavy atom. The second-order valence-corrected chi connectivity index (χ2v) is 5.88. The van der Waals surface area contributed by atoms with Crippen molar-refractivity contribution >= 4 is 29.1 Å². The number of carbonyl (C=O) groups is 1. The van der Waals surface area contributed by atoms with E-state index in [1.165, 1.54) is 17.3 Å². The summed E-state index contributed by atoms with van der Waals surface area (Å²) >= 11 is 11.7. The molecule has 1 aliphatic carbocycles. The van der Waals surface area contributed by atoms with Crippen molar-refractivity contribution in [2.45, 2.75) is 25.3 Å². The second-order valence-electron chi connectivity index (χ2n) is 5.11. The van der Waals surface area contributed by atoms with Crippen LogP contribution in [-0.4, -0.2) is 10.9 Å². The maximum Gasteiger partial charge on any atom is 0.253 e. The lowest BCUT2D eigenvalue weighted by molar-refractivity contribution is 0.0932. The highest BCUT2D eigenvalue weighted by Crippen LogP contribution is 2.29. The van der Waals surface area contributed by atoms with Gasteiger partial charge in [-0.3, -0.25) is 4.79 Å². The number of hydrogen-bond acceptors (Lipinski definition) is 2. The first kappa shape index (κ1) is 14.4. The van der Waals surface area contributed by atoms with Gasteiger partial charge in [0, 0.05) is 6.20 Å². The van der Waals surface area contributed by atoms with Crippen LogP contribution in [-0.2, 0) is 6.42 Å². The van der Waals surface area contributed by atoms with E-state index >= 15 is 0 Å². The minimum absolute atomic E-state index is 0.0388. The number of amides is 1. The lowest BCUT2D eigenvalue weighted by atomic mass is 9.87. The van der Waals surface area contributed by atoms with Gasteiger partial charge in [-0.05, 0) is 36.5 Å². The standard InChI is InChI=1S/C16H14Cl2N2O/c17-13-8-11(9-19-15(13)18)16(21)20-14-7-3-5-10-4-1-2-6-12(10)14/h1-2,4,6,8-9,14H,3,5,7H2,(H,20,21)/t14-/m0/s1. The Kier molecular flexibility index (Phi) is 4.13. The molecule has 1 aliphatic rings. The molecule has 0 saturated heterocycles. The molecule has 1 aromatic heterocycles. The summed E-state index contributed by atoms with van der Waals surface area (Å²) in [6.07, 6.45) is 4.52. The first-order valence-corrected chi connectivity index (χ1v) is 7.60. The molecule has 0 unspecified atom stereocenters. The van der Waals surface area contributed by atoms with E-state index < -0.39 is 0 Å². The molecule has 1 N–H and O–H groups in total. The van der Waals surface area contributed by atoms with Crippen LogP contribution < -0.4 is 5.32 Å². The zero-order valence-corrected chi connectivity index (χ0v) is 12.8. The summed E-state index contributed by atoms with van der Waals surface area (Å²) in [6.45, 7) is 0. The first-order valence-electron chi connectivity index (χ1n) is 6.85. The molecular weight excluding hydrogens is 307 g/mol. The van der Waals surface area contributed by atoms with Crippen LogP contribution in [0, 0.1) is 0 Å². The Morgan fingerprint density at radius 1 is 1.29 bits per heavy atom. The van der Waals surface area contributed by atoms with Crippen LogP contribution in [0.2, 0.25) is 10.2 Å². The maximum absolute atomic E-state index is 12.3. The van der Waals surface area contributed by atoms with Crippen LogP contribution in [0.5, 0.6) is 0 Å². The Hall–Kier alpha value is -1.58. The number of nitrogens with zero attached hydrogens (tertiary/aromatic N) is 1. The third kappa shape index (κ3) is 3.04. The predicted molar refractivity (Wildman–Crippen MR) is 83.8 cm³/mol. The Labute approximate surface area is 133 Å². The monoisotopic (exact) mass is 320 g/mol. The van der Waals surface area contributed by atoms with Crippen LogP contribution in [0.25, 0.3) is 0 Å². The Balaban J connectivity index is 1.81. The van der Waals surface area contributed by atoms with Gasteiger partial charge in [0.05, 0.1) is 16.6 Å². The van der Waals surface area contributed by atoms with Gasteiger partial charge in [0.2, 0.25) is 0 Å². The molecule has 0 fully saturated rings. The maximum atomic E-state index is 12.3. The van der Waals surface area contributed by atoms with Gasteiger partial charge < -0.3 is 5.32 Å². The van der Waals surface area contributed by atoms with Gasteiger partial charge >= 0.3 is 0 Å². The molecule has 0 bridgehead atoms. The van der Waals surface area contributed by atoms with Crippen molar-refractivity contribution in [3.8, 4) is 0 Å². The largest absolute Gasteiger partial charge is 0.345 e. The van der Waals surface area contributed by atoms with Crippen LogP contribution in [0.4, 0.5) is 0 Å². The summed E-state index contributed by atoms with van der Waals surface area (Å²) in [4.78, 5) is 16.2. The minimum Gasteiger partial charge on any atom is -0.345 e. The number of pyridine rings is 1. The van der Waals surface area contributed by atoms with E-state index in [1.807, 2.05) is 12.1 Å². The fraction of sp³-hybridized carbons (Fsp3) is 0.250. The number of halogens is 2. The highest BCUT2D eigenvalue weighted by Gasteiger charge is 2.22. The molecule has 0 spiro atoms. The van der Waals surface area contributed by atoms with Gasteiger partial charge in [0.25, 0.3) is 5.91 Å². The summed E-state index contributed by atoms with van der Waals surface area (Å²) < 4.78 is 0. The zero-order chi connectivity index (χ0) is 14.8. The van der Waals surface area contributed by atoms with Gasteiger partial charge in [-0.1, -0.05) is 47.5 Å². The molecule has 108 valence electrons. The van der Waals surface area contributed by atoms with Crippen LogP contribution in [0.1, 0.15) is 40.4 Å². The highest BCUT2D eigenvalue weighted by molar-refractivity contribution is 6.41. The topological polar surface area (TPSA) is 42.0 Å². The molecule has 21 heavy (non-hydrogen) atoms. The van der Waals surface area contributed by atoms with Crippen molar-refractivity contribution < 1.29 is 4.79 Å². The molecule has 1 aromatic carbocycles. The molecule has 0 radical (unpaired) electrons. The van der Waals surface area contributed by atoms with E-state index in [0.717, 1.165) is 19.3 Å². The fourth-order valence-electron chi connectivity index (χ4n) is 2.69. The molecule has 5 heteroatoms. The first-order chi connectivity index (χ1) is 10.1.